The minimum Gasteiger partial charge on any atom is -0.492 e. The molecule has 6 heteroatoms. The van der Waals surface area contributed by atoms with Crippen LogP contribution >= 0.6 is 0 Å². The molecule has 4 N–H and O–H groups in total. The van der Waals surface area contributed by atoms with Crippen LogP contribution in [-0.4, -0.2) is 30.2 Å². The lowest BCUT2D eigenvalue weighted by Gasteiger charge is -2.17. The number of anilines is 3. The monoisotopic (exact) mass is 259 g/mol. The van der Waals surface area contributed by atoms with Gasteiger partial charge in [0, 0.05) is 12.7 Å². The second-order valence-electron chi connectivity index (χ2n) is 4.16. The van der Waals surface area contributed by atoms with Gasteiger partial charge in [-0.05, 0) is 24.3 Å². The van der Waals surface area contributed by atoms with Gasteiger partial charge in [0.05, 0.1) is 24.6 Å². The molecular formula is C13H17N5O. The van der Waals surface area contributed by atoms with Crippen LogP contribution in [0.15, 0.2) is 36.7 Å². The van der Waals surface area contributed by atoms with E-state index in [1.165, 1.54) is 0 Å². The first-order valence-electron chi connectivity index (χ1n) is 5.92. The van der Waals surface area contributed by atoms with Gasteiger partial charge in [-0.1, -0.05) is 0 Å². The predicted molar refractivity (Wildman–Crippen MR) is 76.1 cm³/mol. The van der Waals surface area contributed by atoms with Crippen LogP contribution in [0.3, 0.4) is 0 Å². The summed E-state index contributed by atoms with van der Waals surface area (Å²) in [7, 11) is 1.90. The normalized spacial score (nSPS) is 10.2. The Labute approximate surface area is 112 Å². The third-order valence-electron chi connectivity index (χ3n) is 2.58. The molecule has 0 amide bonds. The first-order chi connectivity index (χ1) is 9.15. The Balaban J connectivity index is 1.82. The fraction of sp³-hybridized carbons (Fsp3) is 0.231. The van der Waals surface area contributed by atoms with Crippen LogP contribution in [0.2, 0.25) is 0 Å². The Kier molecular flexibility index (Phi) is 4.02. The highest BCUT2D eigenvalue weighted by atomic mass is 16.5. The van der Waals surface area contributed by atoms with E-state index in [-0.39, 0.29) is 0 Å². The number of aromatic nitrogens is 2. The SMILES string of the molecule is CN(CCOc1ccc(N)cc1)c1ncc(N)cn1. The minimum atomic E-state index is 0.536. The smallest absolute Gasteiger partial charge is 0.225 e. The summed E-state index contributed by atoms with van der Waals surface area (Å²) >= 11 is 0. The zero-order valence-electron chi connectivity index (χ0n) is 10.8. The third-order valence-corrected chi connectivity index (χ3v) is 2.58. The average molecular weight is 259 g/mol. The van der Waals surface area contributed by atoms with Crippen molar-refractivity contribution in [3.63, 3.8) is 0 Å². The maximum absolute atomic E-state index is 5.60. The van der Waals surface area contributed by atoms with E-state index in [4.69, 9.17) is 16.2 Å². The first kappa shape index (κ1) is 12.9. The van der Waals surface area contributed by atoms with Crippen LogP contribution in [-0.2, 0) is 0 Å². The van der Waals surface area contributed by atoms with Gasteiger partial charge in [-0.3, -0.25) is 0 Å². The zero-order chi connectivity index (χ0) is 13.7. The highest BCUT2D eigenvalue weighted by Gasteiger charge is 2.03. The van der Waals surface area contributed by atoms with Crippen molar-refractivity contribution >= 4 is 17.3 Å². The number of rotatable bonds is 5. The topological polar surface area (TPSA) is 90.3 Å². The third kappa shape index (κ3) is 3.74. The molecule has 2 rings (SSSR count). The molecule has 1 aromatic heterocycles. The second-order valence-corrected chi connectivity index (χ2v) is 4.16. The van der Waals surface area contributed by atoms with Gasteiger partial charge in [-0.25, -0.2) is 9.97 Å². The summed E-state index contributed by atoms with van der Waals surface area (Å²) in [4.78, 5) is 10.2. The van der Waals surface area contributed by atoms with Crippen molar-refractivity contribution < 1.29 is 4.74 Å². The molecule has 0 saturated carbocycles. The summed E-state index contributed by atoms with van der Waals surface area (Å²) in [6, 6.07) is 7.30. The molecule has 0 fully saturated rings. The fourth-order valence-electron chi connectivity index (χ4n) is 1.49. The molecule has 0 radical (unpaired) electrons. The van der Waals surface area contributed by atoms with Gasteiger partial charge in [0.15, 0.2) is 0 Å². The molecule has 1 aromatic carbocycles. The first-order valence-corrected chi connectivity index (χ1v) is 5.92. The minimum absolute atomic E-state index is 0.536. The lowest BCUT2D eigenvalue weighted by atomic mass is 10.3. The van der Waals surface area contributed by atoms with Gasteiger partial charge in [0.2, 0.25) is 5.95 Å². The number of nitrogens with two attached hydrogens (primary N) is 2. The maximum Gasteiger partial charge on any atom is 0.225 e. The van der Waals surface area contributed by atoms with Crippen molar-refractivity contribution in [1.29, 1.82) is 0 Å². The predicted octanol–water partition coefficient (Wildman–Crippen LogP) is 1.16. The summed E-state index contributed by atoms with van der Waals surface area (Å²) in [5.74, 6) is 1.41. The van der Waals surface area contributed by atoms with Crippen LogP contribution in [0.25, 0.3) is 0 Å². The molecule has 0 atom stereocenters. The van der Waals surface area contributed by atoms with Crippen LogP contribution in [0.4, 0.5) is 17.3 Å². The largest absolute Gasteiger partial charge is 0.492 e. The van der Waals surface area contributed by atoms with E-state index < -0.39 is 0 Å². The highest BCUT2D eigenvalue weighted by Crippen LogP contribution is 2.13. The van der Waals surface area contributed by atoms with Crippen molar-refractivity contribution in [2.45, 2.75) is 0 Å². The Morgan fingerprint density at radius 1 is 1.05 bits per heavy atom. The van der Waals surface area contributed by atoms with Crippen LogP contribution in [0.1, 0.15) is 0 Å². The molecule has 6 nitrogen and oxygen atoms in total. The van der Waals surface area contributed by atoms with E-state index in [0.717, 1.165) is 11.4 Å². The molecule has 1 heterocycles. The van der Waals surface area contributed by atoms with Gasteiger partial charge in [0.1, 0.15) is 12.4 Å². The molecular weight excluding hydrogens is 242 g/mol. The van der Waals surface area contributed by atoms with Crippen molar-refractivity contribution in [3.8, 4) is 5.75 Å². The molecule has 0 aliphatic carbocycles. The molecule has 0 spiro atoms. The van der Waals surface area contributed by atoms with E-state index in [1.807, 2.05) is 36.2 Å². The molecule has 0 saturated heterocycles. The Morgan fingerprint density at radius 3 is 2.32 bits per heavy atom. The van der Waals surface area contributed by atoms with Gasteiger partial charge in [0.25, 0.3) is 0 Å². The quantitative estimate of drug-likeness (QED) is 0.783. The lowest BCUT2D eigenvalue weighted by Crippen LogP contribution is -2.25. The summed E-state index contributed by atoms with van der Waals surface area (Å²) in [6.45, 7) is 1.21. The fourth-order valence-corrected chi connectivity index (χ4v) is 1.49. The standard InChI is InChI=1S/C13H17N5O/c1-18(13-16-8-11(15)9-17-13)6-7-19-12-4-2-10(14)3-5-12/h2-5,8-9H,6-7,14-15H2,1H3. The van der Waals surface area contributed by atoms with Gasteiger partial charge < -0.3 is 21.1 Å². The maximum atomic E-state index is 5.60. The summed E-state index contributed by atoms with van der Waals surface area (Å²) < 4.78 is 5.60. The summed E-state index contributed by atoms with van der Waals surface area (Å²) in [6.07, 6.45) is 3.17. The second kappa shape index (κ2) is 5.90. The molecule has 0 aliphatic rings. The van der Waals surface area contributed by atoms with E-state index >= 15 is 0 Å². The van der Waals surface area contributed by atoms with E-state index in [2.05, 4.69) is 9.97 Å². The Hall–Kier alpha value is -2.50. The molecule has 0 aliphatic heterocycles. The number of likely N-dealkylation sites (N-methyl/N-ethyl adjacent to an activating group) is 1. The van der Waals surface area contributed by atoms with Gasteiger partial charge in [-0.15, -0.1) is 0 Å². The number of nitrogen functional groups attached to an aromatic ring is 2. The Morgan fingerprint density at radius 2 is 1.68 bits per heavy atom. The number of hydrogen-bond donors (Lipinski definition) is 2. The highest BCUT2D eigenvalue weighted by molar-refractivity contribution is 5.41. The molecule has 0 bridgehead atoms. The molecule has 2 aromatic rings. The number of nitrogens with zero attached hydrogens (tertiary/aromatic N) is 3. The lowest BCUT2D eigenvalue weighted by molar-refractivity contribution is 0.325. The van der Waals surface area contributed by atoms with Gasteiger partial charge in [-0.2, -0.15) is 0 Å². The van der Waals surface area contributed by atoms with Crippen molar-refractivity contribution in [1.82, 2.24) is 9.97 Å². The van der Waals surface area contributed by atoms with Crippen molar-refractivity contribution in [2.75, 3.05) is 36.6 Å². The Bertz CT molecular complexity index is 512. The molecule has 100 valence electrons. The van der Waals surface area contributed by atoms with E-state index in [1.54, 1.807) is 12.4 Å². The van der Waals surface area contributed by atoms with Crippen LogP contribution in [0, 0.1) is 0 Å². The van der Waals surface area contributed by atoms with E-state index in [9.17, 15) is 0 Å². The number of hydrogen-bond acceptors (Lipinski definition) is 6. The number of ether oxygens (including phenoxy) is 1. The molecule has 0 unspecified atom stereocenters. The van der Waals surface area contributed by atoms with Crippen LogP contribution in [0.5, 0.6) is 5.75 Å². The number of benzene rings is 1. The summed E-state index contributed by atoms with van der Waals surface area (Å²) in [5.41, 5.74) is 12.4. The molecule has 19 heavy (non-hydrogen) atoms. The average Bonchev–Trinajstić information content (AvgIpc) is 2.41. The van der Waals surface area contributed by atoms with Crippen molar-refractivity contribution in [2.24, 2.45) is 0 Å². The zero-order valence-corrected chi connectivity index (χ0v) is 10.8. The van der Waals surface area contributed by atoms with E-state index in [0.29, 0.717) is 24.8 Å². The van der Waals surface area contributed by atoms with Crippen molar-refractivity contribution in [3.05, 3.63) is 36.7 Å². The van der Waals surface area contributed by atoms with Crippen LogP contribution < -0.4 is 21.1 Å². The van der Waals surface area contributed by atoms with Gasteiger partial charge >= 0.3 is 0 Å². The summed E-state index contributed by atoms with van der Waals surface area (Å²) in [5, 5.41) is 0.